The fourth-order valence-corrected chi connectivity index (χ4v) is 1.65. The van der Waals surface area contributed by atoms with E-state index in [4.69, 9.17) is 5.11 Å². The Morgan fingerprint density at radius 1 is 1.50 bits per heavy atom. The third-order valence-electron chi connectivity index (χ3n) is 1.59. The van der Waals surface area contributed by atoms with Crippen molar-refractivity contribution in [3.8, 4) is 0 Å². The van der Waals surface area contributed by atoms with Crippen molar-refractivity contribution in [2.45, 2.75) is 13.3 Å². The Kier molecular flexibility index (Phi) is 3.56. The van der Waals surface area contributed by atoms with Crippen LogP contribution in [0.3, 0.4) is 0 Å². The van der Waals surface area contributed by atoms with Gasteiger partial charge in [0.25, 0.3) is 0 Å². The molecule has 0 bridgehead atoms. The Balaban J connectivity index is 3.07. The van der Waals surface area contributed by atoms with Gasteiger partial charge in [0, 0.05) is 5.56 Å². The van der Waals surface area contributed by atoms with Crippen LogP contribution in [0.4, 0.5) is 0 Å². The second-order valence-corrected chi connectivity index (χ2v) is 3.90. The lowest BCUT2D eigenvalue weighted by Gasteiger charge is -2.01. The van der Waals surface area contributed by atoms with E-state index >= 15 is 0 Å². The molecule has 0 atom stereocenters. The average Bonchev–Trinajstić information content (AvgIpc) is 2.01. The minimum absolute atomic E-state index is 0.0862. The molecule has 0 radical (unpaired) electrons. The number of rotatable bonds is 3. The van der Waals surface area contributed by atoms with Crippen molar-refractivity contribution in [2.75, 3.05) is 0 Å². The van der Waals surface area contributed by atoms with Gasteiger partial charge in [-0.15, -0.1) is 0 Å². The van der Waals surface area contributed by atoms with Crippen molar-refractivity contribution in [1.82, 2.24) is 4.98 Å². The van der Waals surface area contributed by atoms with E-state index in [1.165, 1.54) is 13.0 Å². The number of halogens is 1. The highest BCUT2D eigenvalue weighted by Crippen LogP contribution is 2.09. The van der Waals surface area contributed by atoms with Crippen LogP contribution in [-0.2, 0) is 11.2 Å². The van der Waals surface area contributed by atoms with Gasteiger partial charge in [-0.2, -0.15) is 0 Å². The van der Waals surface area contributed by atoms with Gasteiger partial charge in [0.05, 0.1) is 12.1 Å². The number of carbonyl (C=O) groups excluding carboxylic acids is 1. The highest BCUT2D eigenvalue weighted by Gasteiger charge is 2.07. The number of aromatic nitrogens is 1. The van der Waals surface area contributed by atoms with Gasteiger partial charge in [0.15, 0.2) is 5.78 Å². The molecule has 0 unspecified atom stereocenters. The molecule has 1 aromatic rings. The lowest BCUT2D eigenvalue weighted by molar-refractivity contribution is -0.136. The van der Waals surface area contributed by atoms with Gasteiger partial charge in [-0.1, -0.05) is 0 Å². The fourth-order valence-electron chi connectivity index (χ4n) is 1.000. The molecule has 0 spiro atoms. The van der Waals surface area contributed by atoms with E-state index in [1.807, 2.05) is 22.6 Å². The van der Waals surface area contributed by atoms with Gasteiger partial charge in [-0.25, -0.2) is 4.98 Å². The molecule has 1 rings (SSSR count). The van der Waals surface area contributed by atoms with Crippen molar-refractivity contribution in [3.63, 3.8) is 0 Å². The van der Waals surface area contributed by atoms with Crippen LogP contribution in [0.1, 0.15) is 23.0 Å². The Bertz CT molecular complexity index is 390. The number of carboxylic acid groups (broad SMARTS) is 1. The molecular formula is C9H8INO3. The topological polar surface area (TPSA) is 67.3 Å². The van der Waals surface area contributed by atoms with E-state index in [9.17, 15) is 9.59 Å². The molecule has 14 heavy (non-hydrogen) atoms. The van der Waals surface area contributed by atoms with Crippen LogP contribution in [0, 0.1) is 3.70 Å². The summed E-state index contributed by atoms with van der Waals surface area (Å²) in [6.07, 6.45) is -0.156. The molecule has 0 aliphatic rings. The van der Waals surface area contributed by atoms with E-state index in [2.05, 4.69) is 4.98 Å². The van der Waals surface area contributed by atoms with E-state index < -0.39 is 5.97 Å². The summed E-state index contributed by atoms with van der Waals surface area (Å²) in [5.41, 5.74) is 0.912. The molecular weight excluding hydrogens is 297 g/mol. The van der Waals surface area contributed by atoms with Gasteiger partial charge in [0.2, 0.25) is 0 Å². The van der Waals surface area contributed by atoms with Gasteiger partial charge in [-0.05, 0) is 41.6 Å². The number of hydrogen-bond acceptors (Lipinski definition) is 3. The van der Waals surface area contributed by atoms with E-state index in [0.717, 1.165) is 0 Å². The summed E-state index contributed by atoms with van der Waals surface area (Å²) >= 11 is 1.95. The maximum Gasteiger partial charge on any atom is 0.309 e. The average molecular weight is 305 g/mol. The minimum Gasteiger partial charge on any atom is -0.481 e. The smallest absolute Gasteiger partial charge is 0.309 e. The monoisotopic (exact) mass is 305 g/mol. The molecule has 0 saturated heterocycles. The van der Waals surface area contributed by atoms with Gasteiger partial charge >= 0.3 is 5.97 Å². The van der Waals surface area contributed by atoms with Crippen molar-refractivity contribution in [3.05, 3.63) is 27.1 Å². The first-order valence-electron chi connectivity index (χ1n) is 3.88. The van der Waals surface area contributed by atoms with E-state index in [1.54, 1.807) is 6.07 Å². The summed E-state index contributed by atoms with van der Waals surface area (Å²) in [5.74, 6) is -1.04. The minimum atomic E-state index is -0.950. The number of aliphatic carboxylic acids is 1. The molecule has 0 amide bonds. The summed E-state index contributed by atoms with van der Waals surface area (Å²) in [4.78, 5) is 25.5. The predicted octanol–water partition coefficient (Wildman–Crippen LogP) is 1.52. The number of ketones is 1. The predicted molar refractivity (Wildman–Crippen MR) is 58.3 cm³/mol. The lowest BCUT2D eigenvalue weighted by atomic mass is 10.1. The van der Waals surface area contributed by atoms with Crippen LogP contribution in [0.2, 0.25) is 0 Å². The van der Waals surface area contributed by atoms with Crippen LogP contribution >= 0.6 is 22.6 Å². The van der Waals surface area contributed by atoms with Gasteiger partial charge < -0.3 is 5.11 Å². The number of nitrogens with zero attached hydrogens (tertiary/aromatic N) is 1. The highest BCUT2D eigenvalue weighted by atomic mass is 127. The summed E-state index contributed by atoms with van der Waals surface area (Å²) in [5, 5.41) is 8.56. The zero-order chi connectivity index (χ0) is 10.7. The first-order chi connectivity index (χ1) is 6.49. The second kappa shape index (κ2) is 4.50. The van der Waals surface area contributed by atoms with Crippen LogP contribution < -0.4 is 0 Å². The summed E-state index contributed by atoms with van der Waals surface area (Å²) in [6.45, 7) is 1.44. The maximum absolute atomic E-state index is 11.1. The Hall–Kier alpha value is -0.980. The number of carboxylic acids is 1. The summed E-state index contributed by atoms with van der Waals surface area (Å²) < 4.78 is 0.631. The Morgan fingerprint density at radius 3 is 2.64 bits per heavy atom. The highest BCUT2D eigenvalue weighted by molar-refractivity contribution is 14.1. The van der Waals surface area contributed by atoms with Crippen molar-refractivity contribution in [1.29, 1.82) is 0 Å². The van der Waals surface area contributed by atoms with Crippen LogP contribution in [0.15, 0.2) is 12.1 Å². The first kappa shape index (κ1) is 11.1. The van der Waals surface area contributed by atoms with Gasteiger partial charge in [0.1, 0.15) is 3.70 Å². The quantitative estimate of drug-likeness (QED) is 0.522. The Labute approximate surface area is 94.5 Å². The fraction of sp³-hybridized carbons (Fsp3) is 0.222. The third-order valence-corrected chi connectivity index (χ3v) is 2.14. The molecule has 4 nitrogen and oxygen atoms in total. The molecule has 0 aliphatic heterocycles. The molecule has 1 heterocycles. The Morgan fingerprint density at radius 2 is 2.14 bits per heavy atom. The van der Waals surface area contributed by atoms with Crippen LogP contribution in [0.25, 0.3) is 0 Å². The maximum atomic E-state index is 11.1. The van der Waals surface area contributed by atoms with Gasteiger partial charge in [-0.3, -0.25) is 9.59 Å². The first-order valence-corrected chi connectivity index (χ1v) is 4.96. The SMILES string of the molecule is CC(=O)c1cc(I)nc(CC(=O)O)c1. The number of pyridine rings is 1. The summed E-state index contributed by atoms with van der Waals surface area (Å²) in [7, 11) is 0. The molecule has 0 fully saturated rings. The number of carbonyl (C=O) groups is 2. The molecule has 5 heteroatoms. The molecule has 1 aromatic heterocycles. The van der Waals surface area contributed by atoms with Crippen LogP contribution in [-0.4, -0.2) is 21.8 Å². The number of hydrogen-bond donors (Lipinski definition) is 1. The lowest BCUT2D eigenvalue weighted by Crippen LogP contribution is -2.05. The van der Waals surface area contributed by atoms with Crippen molar-refractivity contribution >= 4 is 34.3 Å². The van der Waals surface area contributed by atoms with Crippen LogP contribution in [0.5, 0.6) is 0 Å². The zero-order valence-electron chi connectivity index (χ0n) is 7.45. The number of Topliss-reactive ketones (excluding diaryl/α,β-unsaturated/α-hetero) is 1. The zero-order valence-corrected chi connectivity index (χ0v) is 9.61. The third kappa shape index (κ3) is 3.06. The van der Waals surface area contributed by atoms with E-state index in [-0.39, 0.29) is 12.2 Å². The molecule has 0 saturated carbocycles. The normalized spacial score (nSPS) is 9.86. The van der Waals surface area contributed by atoms with Crippen molar-refractivity contribution in [2.24, 2.45) is 0 Å². The largest absolute Gasteiger partial charge is 0.481 e. The molecule has 0 aliphatic carbocycles. The van der Waals surface area contributed by atoms with E-state index in [0.29, 0.717) is 15.0 Å². The molecule has 74 valence electrons. The standard InChI is InChI=1S/C9H8INO3/c1-5(12)6-2-7(4-9(13)14)11-8(10)3-6/h2-3H,4H2,1H3,(H,13,14). The molecule has 1 N–H and O–H groups in total. The second-order valence-electron chi connectivity index (χ2n) is 2.80. The summed E-state index contributed by atoms with van der Waals surface area (Å²) in [6, 6.07) is 3.15. The molecule has 0 aromatic carbocycles. The van der Waals surface area contributed by atoms with Crippen molar-refractivity contribution < 1.29 is 14.7 Å².